The number of nitrogens with zero attached hydrogens (tertiary/aromatic N) is 3. The van der Waals surface area contributed by atoms with Crippen molar-refractivity contribution >= 4 is 33.9 Å². The van der Waals surface area contributed by atoms with E-state index in [4.69, 9.17) is 9.47 Å². The predicted octanol–water partition coefficient (Wildman–Crippen LogP) is 6.18. The molecule has 204 valence electrons. The Morgan fingerprint density at radius 1 is 1.10 bits per heavy atom. The molecular weight excluding hydrogens is 533 g/mol. The minimum Gasteiger partial charge on any atom is -0.497 e. The number of esters is 1. The fourth-order valence-electron chi connectivity index (χ4n) is 4.61. The van der Waals surface area contributed by atoms with Gasteiger partial charge in [0.15, 0.2) is 17.0 Å². The summed E-state index contributed by atoms with van der Waals surface area (Å²) < 4.78 is 53.0. The Morgan fingerprint density at radius 2 is 1.85 bits per heavy atom. The highest BCUT2D eigenvalue weighted by atomic mass is 32.1. The monoisotopic (exact) mass is 558 g/mol. The topological polar surface area (TPSA) is 94.8 Å². The van der Waals surface area contributed by atoms with E-state index in [2.05, 4.69) is 15.4 Å². The Balaban J connectivity index is 1.53. The molecule has 0 unspecified atom stereocenters. The number of anilines is 1. The van der Waals surface area contributed by atoms with Gasteiger partial charge in [0.2, 0.25) is 0 Å². The summed E-state index contributed by atoms with van der Waals surface area (Å²) in [5.41, 5.74) is 0.198. The van der Waals surface area contributed by atoms with E-state index in [9.17, 15) is 22.8 Å². The van der Waals surface area contributed by atoms with Crippen molar-refractivity contribution in [3.05, 3.63) is 63.8 Å². The fraction of sp³-hybridized carbons (Fsp3) is 0.333. The molecule has 0 aliphatic heterocycles. The number of carbonyl (C=O) groups excluding carboxylic acids is 2. The standard InChI is InChI=1S/C27H25F3N4O4S/c1-3-38-26(36)23-17-7-5-4-6-8-20(17)39-25(23)32-24(35)19-14-22-31-18(15-9-11-16(37-2)12-10-15)13-21(27(28,29)30)34(22)33-19/h9-14H,3-8H2,1-2H3,(H,32,35). The lowest BCUT2D eigenvalue weighted by Crippen LogP contribution is -2.17. The van der Waals surface area contributed by atoms with E-state index in [1.807, 2.05) is 0 Å². The highest BCUT2D eigenvalue weighted by molar-refractivity contribution is 7.17. The van der Waals surface area contributed by atoms with Crippen LogP contribution in [0.5, 0.6) is 5.75 Å². The molecule has 0 fully saturated rings. The highest BCUT2D eigenvalue weighted by Crippen LogP contribution is 2.38. The van der Waals surface area contributed by atoms with Crippen LogP contribution >= 0.6 is 11.3 Å². The first-order chi connectivity index (χ1) is 18.7. The molecule has 5 rings (SSSR count). The molecule has 1 aromatic carbocycles. The molecule has 0 radical (unpaired) electrons. The fourth-order valence-corrected chi connectivity index (χ4v) is 5.89. The highest BCUT2D eigenvalue weighted by Gasteiger charge is 2.36. The normalized spacial score (nSPS) is 13.6. The van der Waals surface area contributed by atoms with Gasteiger partial charge < -0.3 is 14.8 Å². The number of hydrogen-bond acceptors (Lipinski definition) is 7. The Morgan fingerprint density at radius 3 is 2.54 bits per heavy atom. The summed E-state index contributed by atoms with van der Waals surface area (Å²) in [6.07, 6.45) is -0.360. The van der Waals surface area contributed by atoms with E-state index < -0.39 is 23.7 Å². The number of thiophene rings is 1. The van der Waals surface area contributed by atoms with Crippen LogP contribution in [0.25, 0.3) is 16.9 Å². The first-order valence-electron chi connectivity index (χ1n) is 12.4. The Kier molecular flexibility index (Phi) is 7.30. The predicted molar refractivity (Wildman–Crippen MR) is 139 cm³/mol. The van der Waals surface area contributed by atoms with Gasteiger partial charge in [-0.3, -0.25) is 4.79 Å². The van der Waals surface area contributed by atoms with E-state index >= 15 is 0 Å². The summed E-state index contributed by atoms with van der Waals surface area (Å²) in [6, 6.07) is 8.51. The second kappa shape index (κ2) is 10.7. The largest absolute Gasteiger partial charge is 0.497 e. The Labute approximate surface area is 225 Å². The van der Waals surface area contributed by atoms with Gasteiger partial charge in [-0.25, -0.2) is 14.3 Å². The molecule has 0 spiro atoms. The van der Waals surface area contributed by atoms with Crippen LogP contribution in [0, 0.1) is 0 Å². The zero-order valence-electron chi connectivity index (χ0n) is 21.2. The average molecular weight is 559 g/mol. The number of methoxy groups -OCH3 is 1. The summed E-state index contributed by atoms with van der Waals surface area (Å²) in [6.45, 7) is 1.87. The van der Waals surface area contributed by atoms with Gasteiger partial charge in [-0.2, -0.15) is 18.3 Å². The van der Waals surface area contributed by atoms with Crippen LogP contribution in [-0.4, -0.2) is 40.2 Å². The summed E-state index contributed by atoms with van der Waals surface area (Å²) in [5, 5.41) is 6.95. The van der Waals surface area contributed by atoms with E-state index in [-0.39, 0.29) is 23.6 Å². The molecule has 1 N–H and O–H groups in total. The van der Waals surface area contributed by atoms with Crippen molar-refractivity contribution in [3.8, 4) is 17.0 Å². The summed E-state index contributed by atoms with van der Waals surface area (Å²) in [4.78, 5) is 31.4. The minimum atomic E-state index is -4.76. The van der Waals surface area contributed by atoms with Gasteiger partial charge >= 0.3 is 12.1 Å². The van der Waals surface area contributed by atoms with Gasteiger partial charge in [-0.15, -0.1) is 11.3 Å². The van der Waals surface area contributed by atoms with Crippen molar-refractivity contribution in [2.24, 2.45) is 0 Å². The minimum absolute atomic E-state index is 0.0657. The molecule has 3 aromatic heterocycles. The van der Waals surface area contributed by atoms with Crippen LogP contribution in [0.4, 0.5) is 18.2 Å². The van der Waals surface area contributed by atoms with Crippen LogP contribution in [-0.2, 0) is 23.8 Å². The Bertz CT molecular complexity index is 1540. The molecule has 12 heteroatoms. The van der Waals surface area contributed by atoms with E-state index in [0.717, 1.165) is 42.2 Å². The number of benzene rings is 1. The van der Waals surface area contributed by atoms with E-state index in [0.29, 0.717) is 32.8 Å². The number of rotatable bonds is 6. The maximum atomic E-state index is 14.0. The zero-order chi connectivity index (χ0) is 27.7. The second-order valence-corrected chi connectivity index (χ2v) is 10.1. The number of aromatic nitrogens is 3. The number of alkyl halides is 3. The van der Waals surface area contributed by atoms with Gasteiger partial charge in [0.1, 0.15) is 10.8 Å². The van der Waals surface area contributed by atoms with Gasteiger partial charge in [0, 0.05) is 16.5 Å². The van der Waals surface area contributed by atoms with Crippen LogP contribution in [0.1, 0.15) is 63.2 Å². The molecule has 0 atom stereocenters. The van der Waals surface area contributed by atoms with Crippen LogP contribution < -0.4 is 10.1 Å². The SMILES string of the molecule is CCOC(=O)c1c(NC(=O)c2cc3nc(-c4ccc(OC)cc4)cc(C(F)(F)F)n3n2)sc2c1CCCCC2. The molecule has 3 heterocycles. The van der Waals surface area contributed by atoms with Gasteiger partial charge in [0.05, 0.1) is 25.0 Å². The van der Waals surface area contributed by atoms with Crippen molar-refractivity contribution in [3.63, 3.8) is 0 Å². The molecule has 8 nitrogen and oxygen atoms in total. The third kappa shape index (κ3) is 5.33. The van der Waals surface area contributed by atoms with Crippen molar-refractivity contribution in [2.45, 2.75) is 45.2 Å². The molecule has 0 bridgehead atoms. The van der Waals surface area contributed by atoms with E-state index in [1.165, 1.54) is 24.5 Å². The molecule has 0 saturated carbocycles. The third-order valence-electron chi connectivity index (χ3n) is 6.46. The molecule has 39 heavy (non-hydrogen) atoms. The Hall–Kier alpha value is -3.93. The van der Waals surface area contributed by atoms with Crippen molar-refractivity contribution in [1.82, 2.24) is 14.6 Å². The number of ether oxygens (including phenoxy) is 2. The number of fused-ring (bicyclic) bond motifs is 2. The second-order valence-electron chi connectivity index (χ2n) is 9.00. The summed E-state index contributed by atoms with van der Waals surface area (Å²) >= 11 is 1.30. The zero-order valence-corrected chi connectivity index (χ0v) is 22.0. The first-order valence-corrected chi connectivity index (χ1v) is 13.3. The smallest absolute Gasteiger partial charge is 0.433 e. The molecule has 1 amide bonds. The molecule has 4 aromatic rings. The van der Waals surface area contributed by atoms with Crippen LogP contribution in [0.2, 0.25) is 0 Å². The summed E-state index contributed by atoms with van der Waals surface area (Å²) in [5.74, 6) is -0.735. The van der Waals surface area contributed by atoms with E-state index in [1.54, 1.807) is 31.2 Å². The first kappa shape index (κ1) is 26.7. The number of halogens is 3. The summed E-state index contributed by atoms with van der Waals surface area (Å²) in [7, 11) is 1.49. The van der Waals surface area contributed by atoms with Gasteiger partial charge in [-0.05, 0) is 68.5 Å². The van der Waals surface area contributed by atoms with Crippen molar-refractivity contribution in [2.75, 3.05) is 19.0 Å². The van der Waals surface area contributed by atoms with Gasteiger partial charge in [-0.1, -0.05) is 6.42 Å². The van der Waals surface area contributed by atoms with Crippen LogP contribution in [0.15, 0.2) is 36.4 Å². The average Bonchev–Trinajstić information content (AvgIpc) is 3.41. The lowest BCUT2D eigenvalue weighted by molar-refractivity contribution is -0.142. The maximum absolute atomic E-state index is 14.0. The number of aryl methyl sites for hydroxylation is 1. The number of amides is 1. The number of carbonyl (C=O) groups is 2. The molecule has 0 saturated heterocycles. The van der Waals surface area contributed by atoms with Crippen molar-refractivity contribution < 1.29 is 32.2 Å². The van der Waals surface area contributed by atoms with Crippen LogP contribution in [0.3, 0.4) is 0 Å². The third-order valence-corrected chi connectivity index (χ3v) is 7.67. The van der Waals surface area contributed by atoms with Gasteiger partial charge in [0.25, 0.3) is 5.91 Å². The lowest BCUT2D eigenvalue weighted by atomic mass is 10.1. The number of hydrogen-bond donors (Lipinski definition) is 1. The number of nitrogens with one attached hydrogen (secondary N) is 1. The molecular formula is C27H25F3N4O4S. The lowest BCUT2D eigenvalue weighted by Gasteiger charge is -2.11. The molecule has 1 aliphatic rings. The molecule has 1 aliphatic carbocycles. The van der Waals surface area contributed by atoms with Crippen molar-refractivity contribution in [1.29, 1.82) is 0 Å². The quantitative estimate of drug-likeness (QED) is 0.224. The maximum Gasteiger partial charge on any atom is 0.433 e.